The number of anilines is 3. The van der Waals surface area contributed by atoms with Crippen molar-refractivity contribution in [3.63, 3.8) is 0 Å². The second-order valence-electron chi connectivity index (χ2n) is 7.35. The van der Waals surface area contributed by atoms with E-state index in [9.17, 15) is 0 Å². The van der Waals surface area contributed by atoms with Crippen molar-refractivity contribution in [1.29, 1.82) is 0 Å². The lowest BCUT2D eigenvalue weighted by molar-refractivity contribution is 0.365. The highest BCUT2D eigenvalue weighted by atomic mass is 16.5. The fourth-order valence-corrected chi connectivity index (χ4v) is 3.48. The molecule has 1 saturated heterocycles. The minimum absolute atomic E-state index is 0.442. The van der Waals surface area contributed by atoms with Crippen molar-refractivity contribution in [3.8, 4) is 5.75 Å². The van der Waals surface area contributed by atoms with E-state index in [0.717, 1.165) is 43.4 Å². The van der Waals surface area contributed by atoms with Crippen LogP contribution in [0.25, 0.3) is 0 Å². The zero-order chi connectivity index (χ0) is 18.8. The van der Waals surface area contributed by atoms with Gasteiger partial charge in [-0.15, -0.1) is 0 Å². The highest BCUT2D eigenvalue weighted by molar-refractivity contribution is 5.86. The summed E-state index contributed by atoms with van der Waals surface area (Å²) < 4.78 is 5.47. The molecule has 2 aliphatic heterocycles. The van der Waals surface area contributed by atoms with Gasteiger partial charge in [0.15, 0.2) is 11.6 Å². The summed E-state index contributed by atoms with van der Waals surface area (Å²) in [7, 11) is 1.64. The maximum atomic E-state index is 5.47. The fourth-order valence-electron chi connectivity index (χ4n) is 3.48. The number of nitrogens with zero attached hydrogens (tertiary/aromatic N) is 4. The van der Waals surface area contributed by atoms with Crippen LogP contribution < -0.4 is 20.3 Å². The van der Waals surface area contributed by atoms with Gasteiger partial charge in [0.05, 0.1) is 19.9 Å². The minimum Gasteiger partial charge on any atom is -0.491 e. The van der Waals surface area contributed by atoms with Crippen LogP contribution in [0.5, 0.6) is 5.75 Å². The average Bonchev–Trinajstić information content (AvgIpc) is 3.16. The van der Waals surface area contributed by atoms with Gasteiger partial charge in [-0.2, -0.15) is 4.98 Å². The van der Waals surface area contributed by atoms with Gasteiger partial charge < -0.3 is 20.3 Å². The van der Waals surface area contributed by atoms with E-state index < -0.39 is 0 Å². The molecule has 1 aromatic heterocycles. The van der Waals surface area contributed by atoms with Gasteiger partial charge in [-0.1, -0.05) is 19.9 Å². The normalized spacial score (nSPS) is 18.7. The smallest absolute Gasteiger partial charge is 0.227 e. The lowest BCUT2D eigenvalue weighted by Gasteiger charge is -2.35. The molecular formula is C20H26N6O. The zero-order valence-electron chi connectivity index (χ0n) is 16.1. The third-order valence-corrected chi connectivity index (χ3v) is 5.16. The molecule has 27 heavy (non-hydrogen) atoms. The first-order valence-electron chi connectivity index (χ1n) is 9.43. The third-order valence-electron chi connectivity index (χ3n) is 5.16. The predicted molar refractivity (Wildman–Crippen MR) is 108 cm³/mol. The van der Waals surface area contributed by atoms with E-state index in [-0.39, 0.29) is 0 Å². The van der Waals surface area contributed by atoms with Gasteiger partial charge in [-0.3, -0.25) is 4.99 Å². The first kappa shape index (κ1) is 17.7. The molecule has 2 N–H and O–H groups in total. The number of piperazine rings is 1. The minimum atomic E-state index is 0.442. The lowest BCUT2D eigenvalue weighted by atomic mass is 10.0. The molecule has 1 aromatic carbocycles. The molecule has 1 atom stereocenters. The molecule has 2 aliphatic rings. The summed E-state index contributed by atoms with van der Waals surface area (Å²) in [5.74, 6) is 2.60. The number of ether oxygens (including phenoxy) is 1. The number of fused-ring (bicyclic) bond motifs is 1. The molecule has 7 heteroatoms. The van der Waals surface area contributed by atoms with Gasteiger partial charge in [-0.05, 0) is 29.2 Å². The third kappa shape index (κ3) is 3.73. The van der Waals surface area contributed by atoms with Crippen LogP contribution in [0.4, 0.5) is 17.5 Å². The summed E-state index contributed by atoms with van der Waals surface area (Å²) >= 11 is 0. The van der Waals surface area contributed by atoms with Crippen molar-refractivity contribution in [3.05, 3.63) is 35.5 Å². The van der Waals surface area contributed by atoms with Crippen molar-refractivity contribution < 1.29 is 4.74 Å². The Labute approximate surface area is 159 Å². The van der Waals surface area contributed by atoms with Gasteiger partial charge in [0, 0.05) is 37.6 Å². The molecule has 7 nitrogen and oxygen atoms in total. The average molecular weight is 366 g/mol. The molecule has 0 bridgehead atoms. The first-order chi connectivity index (χ1) is 13.1. The molecule has 1 unspecified atom stereocenters. The van der Waals surface area contributed by atoms with Crippen LogP contribution in [0, 0.1) is 5.92 Å². The summed E-state index contributed by atoms with van der Waals surface area (Å²) in [5, 5.41) is 6.96. The van der Waals surface area contributed by atoms with E-state index in [2.05, 4.69) is 51.5 Å². The van der Waals surface area contributed by atoms with Crippen molar-refractivity contribution in [2.75, 3.05) is 37.0 Å². The Balaban J connectivity index is 1.58. The summed E-state index contributed by atoms with van der Waals surface area (Å²) in [5.41, 5.74) is 3.36. The Bertz CT molecular complexity index is 850. The number of benzene rings is 1. The van der Waals surface area contributed by atoms with E-state index >= 15 is 0 Å². The van der Waals surface area contributed by atoms with Gasteiger partial charge in [-0.25, -0.2) is 4.98 Å². The van der Waals surface area contributed by atoms with Crippen LogP contribution in [0.15, 0.2) is 29.4 Å². The van der Waals surface area contributed by atoms with Gasteiger partial charge in [0.1, 0.15) is 0 Å². The molecule has 142 valence electrons. The maximum Gasteiger partial charge on any atom is 0.227 e. The summed E-state index contributed by atoms with van der Waals surface area (Å²) in [6.45, 7) is 7.96. The van der Waals surface area contributed by atoms with Crippen LogP contribution >= 0.6 is 0 Å². The van der Waals surface area contributed by atoms with Crippen molar-refractivity contribution in [2.45, 2.75) is 26.4 Å². The quantitative estimate of drug-likeness (QED) is 0.847. The molecule has 0 aliphatic carbocycles. The number of methoxy groups -OCH3 is 1. The molecule has 0 amide bonds. The molecule has 2 aromatic rings. The number of aliphatic imine (C=N–C) groups is 1. The van der Waals surface area contributed by atoms with E-state index in [0.29, 0.717) is 23.5 Å². The highest BCUT2D eigenvalue weighted by Crippen LogP contribution is 2.29. The Morgan fingerprint density at radius 3 is 3.04 bits per heavy atom. The fraction of sp³-hybridized carbons (Fsp3) is 0.450. The topological polar surface area (TPSA) is 74.7 Å². The largest absolute Gasteiger partial charge is 0.491 e. The van der Waals surface area contributed by atoms with Crippen LogP contribution in [-0.2, 0) is 6.54 Å². The van der Waals surface area contributed by atoms with Crippen LogP contribution in [0.3, 0.4) is 0 Å². The number of rotatable bonds is 5. The summed E-state index contributed by atoms with van der Waals surface area (Å²) in [6.07, 6.45) is 3.65. The Kier molecular flexibility index (Phi) is 4.94. The lowest BCUT2D eigenvalue weighted by Crippen LogP contribution is -2.53. The SMILES string of the molecule is COc1cnc(N2CCNC(C(C)C)C2)nc1Nc1ccc2c(c1)C=NC2. The molecule has 0 radical (unpaired) electrons. The highest BCUT2D eigenvalue weighted by Gasteiger charge is 2.24. The molecule has 0 spiro atoms. The van der Waals surface area contributed by atoms with Gasteiger partial charge >= 0.3 is 0 Å². The Morgan fingerprint density at radius 1 is 1.33 bits per heavy atom. The second kappa shape index (κ2) is 7.52. The second-order valence-corrected chi connectivity index (χ2v) is 7.35. The number of hydrogen-bond donors (Lipinski definition) is 2. The van der Waals surface area contributed by atoms with Crippen molar-refractivity contribution in [2.24, 2.45) is 10.9 Å². The maximum absolute atomic E-state index is 5.47. The molecular weight excluding hydrogens is 340 g/mol. The van der Waals surface area contributed by atoms with Crippen molar-refractivity contribution >= 4 is 23.7 Å². The number of hydrogen-bond acceptors (Lipinski definition) is 7. The van der Waals surface area contributed by atoms with E-state index in [1.165, 1.54) is 5.56 Å². The molecule has 3 heterocycles. The standard InChI is InChI=1S/C20H26N6O/c1-13(2)17-12-26(7-6-22-17)20-23-11-18(27-3)19(25-20)24-16-5-4-14-9-21-10-15(14)8-16/h4-5,8,10-11,13,17,22H,6-7,9,12H2,1-3H3,(H,23,24,25). The number of aromatic nitrogens is 2. The molecule has 1 fully saturated rings. The van der Waals surface area contributed by atoms with E-state index in [4.69, 9.17) is 9.72 Å². The summed E-state index contributed by atoms with van der Waals surface area (Å²) in [6, 6.07) is 6.68. The Hall–Kier alpha value is -2.67. The van der Waals surface area contributed by atoms with Crippen LogP contribution in [0.1, 0.15) is 25.0 Å². The summed E-state index contributed by atoms with van der Waals surface area (Å²) in [4.78, 5) is 15.8. The predicted octanol–water partition coefficient (Wildman–Crippen LogP) is 2.60. The van der Waals surface area contributed by atoms with Crippen LogP contribution in [-0.4, -0.2) is 49.0 Å². The molecule has 0 saturated carbocycles. The van der Waals surface area contributed by atoms with Gasteiger partial charge in [0.25, 0.3) is 0 Å². The van der Waals surface area contributed by atoms with Crippen molar-refractivity contribution in [1.82, 2.24) is 15.3 Å². The first-order valence-corrected chi connectivity index (χ1v) is 9.43. The zero-order valence-corrected chi connectivity index (χ0v) is 16.1. The molecule has 4 rings (SSSR count). The van der Waals surface area contributed by atoms with E-state index in [1.54, 1.807) is 13.3 Å². The van der Waals surface area contributed by atoms with E-state index in [1.807, 2.05) is 12.3 Å². The van der Waals surface area contributed by atoms with Gasteiger partial charge in [0.2, 0.25) is 5.95 Å². The Morgan fingerprint density at radius 2 is 2.22 bits per heavy atom. The monoisotopic (exact) mass is 366 g/mol. The van der Waals surface area contributed by atoms with Crippen LogP contribution in [0.2, 0.25) is 0 Å². The number of nitrogens with one attached hydrogen (secondary N) is 2.